The largest absolute Gasteiger partial charge is 0.319 e. The van der Waals surface area contributed by atoms with Crippen molar-refractivity contribution < 1.29 is 4.79 Å². The molecule has 1 N–H and O–H groups in total. The van der Waals surface area contributed by atoms with Crippen molar-refractivity contribution in [3.05, 3.63) is 64.6 Å². The molecule has 0 saturated carbocycles. The second-order valence-electron chi connectivity index (χ2n) is 4.73. The monoisotopic (exact) mass is 310 g/mol. The van der Waals surface area contributed by atoms with Crippen LogP contribution in [-0.4, -0.2) is 15.3 Å². The summed E-state index contributed by atoms with van der Waals surface area (Å²) in [5, 5.41) is 12.4. The molecule has 0 atom stereocenters. The number of halogens is 1. The Morgan fingerprint density at radius 3 is 2.91 bits per heavy atom. The predicted molar refractivity (Wildman–Crippen MR) is 84.0 cm³/mol. The Labute approximate surface area is 131 Å². The first-order valence-electron chi connectivity index (χ1n) is 6.55. The summed E-state index contributed by atoms with van der Waals surface area (Å²) in [6, 6.07) is 12.3. The maximum Gasteiger partial charge on any atom is 0.274 e. The van der Waals surface area contributed by atoms with Gasteiger partial charge in [0.05, 0.1) is 16.9 Å². The minimum absolute atomic E-state index is 0.324. The molecule has 0 aliphatic rings. The van der Waals surface area contributed by atoms with Crippen LogP contribution in [0.2, 0.25) is 5.02 Å². The number of rotatable bonds is 2. The maximum atomic E-state index is 12.5. The quantitative estimate of drug-likeness (QED) is 0.788. The Bertz CT molecular complexity index is 924. The highest BCUT2D eigenvalue weighted by Gasteiger charge is 2.17. The summed E-state index contributed by atoms with van der Waals surface area (Å²) in [5.41, 5.74) is 2.49. The molecule has 0 spiro atoms. The van der Waals surface area contributed by atoms with E-state index in [-0.39, 0.29) is 5.91 Å². The normalized spacial score (nSPS) is 10.4. The fraction of sp³-hybridized carbons (Fsp3) is 0.0625. The van der Waals surface area contributed by atoms with Gasteiger partial charge < -0.3 is 5.32 Å². The molecule has 0 saturated heterocycles. The zero-order valence-corrected chi connectivity index (χ0v) is 12.4. The number of nitrogens with one attached hydrogen (secondary N) is 1. The molecule has 108 valence electrons. The first kappa shape index (κ1) is 14.1. The summed E-state index contributed by atoms with van der Waals surface area (Å²) in [4.78, 5) is 16.9. The van der Waals surface area contributed by atoms with Gasteiger partial charge >= 0.3 is 0 Å². The standard InChI is InChI=1S/C16H11ClN4O/c1-10-15(21-7-6-12(17)8-14(21)19-10)16(22)20-13-5-3-2-4-11(13)9-18/h2-8H,1H3,(H,20,22). The van der Waals surface area contributed by atoms with Gasteiger partial charge in [-0.05, 0) is 25.1 Å². The molecule has 0 bridgehead atoms. The number of hydrogen-bond donors (Lipinski definition) is 1. The van der Waals surface area contributed by atoms with Crippen LogP contribution in [0.5, 0.6) is 0 Å². The van der Waals surface area contributed by atoms with Gasteiger partial charge in [0, 0.05) is 17.3 Å². The van der Waals surface area contributed by atoms with Crippen LogP contribution >= 0.6 is 11.6 Å². The molecule has 0 aliphatic heterocycles. The number of nitriles is 1. The fourth-order valence-electron chi connectivity index (χ4n) is 2.28. The van der Waals surface area contributed by atoms with E-state index in [9.17, 15) is 4.79 Å². The molecule has 1 aromatic carbocycles. The molecule has 5 nitrogen and oxygen atoms in total. The van der Waals surface area contributed by atoms with Gasteiger partial charge in [0.15, 0.2) is 0 Å². The Morgan fingerprint density at radius 2 is 2.14 bits per heavy atom. The van der Waals surface area contributed by atoms with Gasteiger partial charge in [-0.25, -0.2) is 4.98 Å². The molecule has 0 fully saturated rings. The van der Waals surface area contributed by atoms with E-state index in [1.165, 1.54) is 0 Å². The van der Waals surface area contributed by atoms with Crippen molar-refractivity contribution in [1.82, 2.24) is 9.38 Å². The molecule has 0 radical (unpaired) electrons. The van der Waals surface area contributed by atoms with Gasteiger partial charge in [-0.1, -0.05) is 23.7 Å². The maximum absolute atomic E-state index is 12.5. The van der Waals surface area contributed by atoms with E-state index in [4.69, 9.17) is 16.9 Å². The number of hydrogen-bond acceptors (Lipinski definition) is 3. The summed E-state index contributed by atoms with van der Waals surface area (Å²) in [6.45, 7) is 1.76. The molecular formula is C16H11ClN4O. The van der Waals surface area contributed by atoms with E-state index in [1.54, 1.807) is 53.9 Å². The Kier molecular flexibility index (Phi) is 3.53. The van der Waals surface area contributed by atoms with Crippen LogP contribution in [0.3, 0.4) is 0 Å². The first-order chi connectivity index (χ1) is 10.6. The number of anilines is 1. The molecule has 1 amide bonds. The molecule has 0 aliphatic carbocycles. The lowest BCUT2D eigenvalue weighted by Crippen LogP contribution is -2.16. The highest BCUT2D eigenvalue weighted by atomic mass is 35.5. The number of amides is 1. The third-order valence-electron chi connectivity index (χ3n) is 3.27. The smallest absolute Gasteiger partial charge is 0.274 e. The lowest BCUT2D eigenvalue weighted by molar-refractivity contribution is 0.102. The second kappa shape index (κ2) is 5.51. The minimum Gasteiger partial charge on any atom is -0.319 e. The predicted octanol–water partition coefficient (Wildman–Crippen LogP) is 3.42. The number of benzene rings is 1. The van der Waals surface area contributed by atoms with Crippen molar-refractivity contribution in [2.75, 3.05) is 5.32 Å². The van der Waals surface area contributed by atoms with Gasteiger partial charge in [0.2, 0.25) is 0 Å². The average Bonchev–Trinajstić information content (AvgIpc) is 2.82. The van der Waals surface area contributed by atoms with E-state index in [0.29, 0.717) is 33.3 Å². The molecule has 3 rings (SSSR count). The SMILES string of the molecule is Cc1nc2cc(Cl)ccn2c1C(=O)Nc1ccccc1C#N. The van der Waals surface area contributed by atoms with Crippen LogP contribution in [0.25, 0.3) is 5.65 Å². The number of imidazole rings is 1. The lowest BCUT2D eigenvalue weighted by atomic mass is 10.2. The van der Waals surface area contributed by atoms with Gasteiger partial charge in [-0.15, -0.1) is 0 Å². The molecule has 6 heteroatoms. The molecule has 22 heavy (non-hydrogen) atoms. The average molecular weight is 311 g/mol. The number of nitrogens with zero attached hydrogens (tertiary/aromatic N) is 3. The van der Waals surface area contributed by atoms with Gasteiger partial charge in [-0.2, -0.15) is 5.26 Å². The van der Waals surface area contributed by atoms with Crippen LogP contribution in [0, 0.1) is 18.3 Å². The minimum atomic E-state index is -0.324. The van der Waals surface area contributed by atoms with Crippen molar-refractivity contribution in [3.63, 3.8) is 0 Å². The zero-order valence-electron chi connectivity index (χ0n) is 11.7. The highest BCUT2D eigenvalue weighted by molar-refractivity contribution is 6.30. The van der Waals surface area contributed by atoms with Crippen molar-refractivity contribution >= 4 is 28.8 Å². The molecular weight excluding hydrogens is 300 g/mol. The van der Waals surface area contributed by atoms with Gasteiger partial charge in [-0.3, -0.25) is 9.20 Å². The Balaban J connectivity index is 2.03. The van der Waals surface area contributed by atoms with Crippen LogP contribution in [0.15, 0.2) is 42.6 Å². The lowest BCUT2D eigenvalue weighted by Gasteiger charge is -2.07. The summed E-state index contributed by atoms with van der Waals surface area (Å²) >= 11 is 5.94. The number of carbonyl (C=O) groups is 1. The summed E-state index contributed by atoms with van der Waals surface area (Å²) < 4.78 is 1.67. The third-order valence-corrected chi connectivity index (χ3v) is 3.51. The van der Waals surface area contributed by atoms with E-state index in [2.05, 4.69) is 16.4 Å². The van der Waals surface area contributed by atoms with E-state index >= 15 is 0 Å². The highest BCUT2D eigenvalue weighted by Crippen LogP contribution is 2.19. The van der Waals surface area contributed by atoms with Crippen LogP contribution in [0.1, 0.15) is 21.7 Å². The van der Waals surface area contributed by atoms with Crippen LogP contribution in [0.4, 0.5) is 5.69 Å². The van der Waals surface area contributed by atoms with E-state index in [0.717, 1.165) is 0 Å². The van der Waals surface area contributed by atoms with Crippen LogP contribution < -0.4 is 5.32 Å². The molecule has 3 aromatic rings. The van der Waals surface area contributed by atoms with Crippen molar-refractivity contribution in [2.45, 2.75) is 6.92 Å². The number of carbonyl (C=O) groups excluding carboxylic acids is 1. The number of fused-ring (bicyclic) bond motifs is 1. The van der Waals surface area contributed by atoms with Crippen molar-refractivity contribution in [1.29, 1.82) is 5.26 Å². The Hall–Kier alpha value is -2.84. The van der Waals surface area contributed by atoms with Crippen LogP contribution in [-0.2, 0) is 0 Å². The zero-order chi connectivity index (χ0) is 15.7. The summed E-state index contributed by atoms with van der Waals surface area (Å²) in [5.74, 6) is -0.324. The van der Waals surface area contributed by atoms with Gasteiger partial charge in [0.1, 0.15) is 17.4 Å². The van der Waals surface area contributed by atoms with E-state index < -0.39 is 0 Å². The summed E-state index contributed by atoms with van der Waals surface area (Å²) in [7, 11) is 0. The van der Waals surface area contributed by atoms with E-state index in [1.807, 2.05) is 0 Å². The molecule has 0 unspecified atom stereocenters. The second-order valence-corrected chi connectivity index (χ2v) is 5.17. The third kappa shape index (κ3) is 2.41. The fourth-order valence-corrected chi connectivity index (χ4v) is 2.44. The van der Waals surface area contributed by atoms with Gasteiger partial charge in [0.25, 0.3) is 5.91 Å². The number of pyridine rings is 1. The topological polar surface area (TPSA) is 70.2 Å². The molecule has 2 heterocycles. The number of para-hydroxylation sites is 1. The molecule has 2 aromatic heterocycles. The Morgan fingerprint density at radius 1 is 1.36 bits per heavy atom. The summed E-state index contributed by atoms with van der Waals surface area (Å²) in [6.07, 6.45) is 1.70. The van der Waals surface area contributed by atoms with Crippen molar-refractivity contribution in [2.24, 2.45) is 0 Å². The van der Waals surface area contributed by atoms with Crippen molar-refractivity contribution in [3.8, 4) is 6.07 Å². The number of aromatic nitrogens is 2. The number of aryl methyl sites for hydroxylation is 1. The first-order valence-corrected chi connectivity index (χ1v) is 6.92.